The van der Waals surface area contributed by atoms with E-state index in [-0.39, 0.29) is 52.6 Å². The maximum absolute atomic E-state index is 13.6. The second-order valence-electron chi connectivity index (χ2n) is 8.82. The third-order valence-corrected chi connectivity index (χ3v) is 10.5. The molecule has 5 nitrogen and oxygen atoms in total. The quantitative estimate of drug-likeness (QED) is 0.422. The second-order valence-corrected chi connectivity index (χ2v) is 11.7. The van der Waals surface area contributed by atoms with E-state index in [1.165, 1.54) is 9.78 Å². The van der Waals surface area contributed by atoms with Gasteiger partial charge in [-0.25, -0.2) is 0 Å². The molecule has 2 aromatic heterocycles. The molecule has 3 aromatic rings. The van der Waals surface area contributed by atoms with E-state index >= 15 is 0 Å². The number of nitrogens with one attached hydrogen (secondary N) is 1. The lowest BCUT2D eigenvalue weighted by Crippen LogP contribution is -2.42. The second kappa shape index (κ2) is 6.43. The van der Waals surface area contributed by atoms with Gasteiger partial charge in [-0.05, 0) is 60.7 Å². The first kappa shape index (κ1) is 18.4. The van der Waals surface area contributed by atoms with Gasteiger partial charge in [-0.3, -0.25) is 14.5 Å². The van der Waals surface area contributed by atoms with Crippen molar-refractivity contribution in [3.05, 3.63) is 63.3 Å². The van der Waals surface area contributed by atoms with Gasteiger partial charge in [0.1, 0.15) is 5.76 Å². The summed E-state index contributed by atoms with van der Waals surface area (Å²) in [6.07, 6.45) is 2.65. The molecule has 0 spiro atoms. The number of nitrogens with zero attached hydrogens (tertiary/aromatic N) is 1. The number of benzene rings is 1. The van der Waals surface area contributed by atoms with Crippen LogP contribution in [-0.2, 0) is 9.59 Å². The number of thioether (sulfide) groups is 1. The molecular formula is C23H18N2O3S3. The van der Waals surface area contributed by atoms with Crippen molar-refractivity contribution in [3.8, 4) is 0 Å². The minimum absolute atomic E-state index is 0.0219. The van der Waals surface area contributed by atoms with Crippen LogP contribution in [0.15, 0.2) is 58.2 Å². The van der Waals surface area contributed by atoms with Gasteiger partial charge in [0.25, 0.3) is 0 Å². The van der Waals surface area contributed by atoms with Crippen LogP contribution >= 0.6 is 35.3 Å². The van der Waals surface area contributed by atoms with E-state index < -0.39 is 0 Å². The Labute approximate surface area is 191 Å². The Morgan fingerprint density at radius 2 is 1.81 bits per heavy atom. The number of aromatic amines is 1. The van der Waals surface area contributed by atoms with Crippen molar-refractivity contribution < 1.29 is 14.0 Å². The monoisotopic (exact) mass is 466 g/mol. The van der Waals surface area contributed by atoms with Gasteiger partial charge in [-0.15, -0.1) is 23.1 Å². The summed E-state index contributed by atoms with van der Waals surface area (Å²) in [5.41, 5.74) is 0.688. The van der Waals surface area contributed by atoms with Gasteiger partial charge < -0.3 is 9.40 Å². The first-order chi connectivity index (χ1) is 15.1. The third-order valence-electron chi connectivity index (χ3n) is 7.59. The normalized spacial score (nSPS) is 35.4. The van der Waals surface area contributed by atoms with Crippen molar-refractivity contribution in [3.63, 3.8) is 0 Å². The zero-order chi connectivity index (χ0) is 20.9. The number of thiazole rings is 1. The Morgan fingerprint density at radius 3 is 2.55 bits per heavy atom. The van der Waals surface area contributed by atoms with Gasteiger partial charge in [0.2, 0.25) is 11.8 Å². The van der Waals surface area contributed by atoms with Crippen LogP contribution in [-0.4, -0.2) is 22.0 Å². The fraction of sp³-hybridized carbons (Fsp3) is 0.348. The Balaban J connectivity index is 1.34. The number of aromatic nitrogens is 1. The van der Waals surface area contributed by atoms with E-state index in [9.17, 15) is 9.59 Å². The Kier molecular flexibility index (Phi) is 3.82. The van der Waals surface area contributed by atoms with E-state index in [1.54, 1.807) is 17.6 Å². The molecule has 4 aliphatic rings. The highest BCUT2D eigenvalue weighted by molar-refractivity contribution is 8.00. The van der Waals surface area contributed by atoms with Gasteiger partial charge in [-0.1, -0.05) is 18.2 Å². The molecular weight excluding hydrogens is 448 g/mol. The van der Waals surface area contributed by atoms with Crippen LogP contribution in [0, 0.1) is 33.5 Å². The highest BCUT2D eigenvalue weighted by Gasteiger charge is 2.70. The molecule has 0 radical (unpaired) electrons. The fourth-order valence-corrected chi connectivity index (χ4v) is 9.95. The average Bonchev–Trinajstić information content (AvgIpc) is 3.56. The van der Waals surface area contributed by atoms with Gasteiger partial charge in [0.05, 0.1) is 34.7 Å². The van der Waals surface area contributed by atoms with Crippen molar-refractivity contribution in [2.24, 2.45) is 29.6 Å². The summed E-state index contributed by atoms with van der Waals surface area (Å²) in [6, 6.07) is 13.3. The summed E-state index contributed by atoms with van der Waals surface area (Å²) in [7, 11) is 0. The number of carbonyl (C=O) groups is 2. The number of furan rings is 1. The van der Waals surface area contributed by atoms with Gasteiger partial charge in [0, 0.05) is 10.1 Å². The van der Waals surface area contributed by atoms with Crippen molar-refractivity contribution >= 4 is 52.8 Å². The summed E-state index contributed by atoms with van der Waals surface area (Å²) in [5.74, 6) is 1.16. The predicted octanol–water partition coefficient (Wildman–Crippen LogP) is 5.08. The number of fused-ring (bicyclic) bond motifs is 9. The zero-order valence-electron chi connectivity index (χ0n) is 16.3. The van der Waals surface area contributed by atoms with Crippen LogP contribution in [0.25, 0.3) is 0 Å². The molecule has 7 rings (SSSR count). The summed E-state index contributed by atoms with van der Waals surface area (Å²) in [4.78, 5) is 33.1. The third kappa shape index (κ3) is 2.36. The van der Waals surface area contributed by atoms with E-state index in [0.29, 0.717) is 5.69 Å². The number of rotatable bonds is 2. The van der Waals surface area contributed by atoms with Crippen LogP contribution in [0.4, 0.5) is 5.69 Å². The Hall–Kier alpha value is -2.16. The smallest absolute Gasteiger partial charge is 0.238 e. The molecule has 1 aromatic carbocycles. The first-order valence-electron chi connectivity index (χ1n) is 10.5. The molecule has 1 saturated heterocycles. The number of hydrogen-bond acceptors (Lipinski definition) is 6. The van der Waals surface area contributed by atoms with Crippen LogP contribution in [0.3, 0.4) is 0 Å². The average molecular weight is 467 g/mol. The maximum atomic E-state index is 13.6. The standard InChI is InChI=1S/C23H18N2O3S3/c26-21-15-11-9-12(16(15)22(27)25(21)10-5-2-1-3-6-10)18-14(11)17(13-7-4-8-28-13)19-20(30-18)24-23(29)31-19/h1-8,11-12,14-18H,9H2,(H,24,29). The number of amides is 2. The number of imide groups is 1. The van der Waals surface area contributed by atoms with E-state index in [2.05, 4.69) is 4.98 Å². The van der Waals surface area contributed by atoms with Crippen LogP contribution < -0.4 is 4.90 Å². The first-order valence-corrected chi connectivity index (χ1v) is 12.6. The lowest BCUT2D eigenvalue weighted by Gasteiger charge is -2.42. The number of hydrogen-bond donors (Lipinski definition) is 1. The molecule has 2 bridgehead atoms. The molecule has 156 valence electrons. The molecule has 31 heavy (non-hydrogen) atoms. The topological polar surface area (TPSA) is 66.3 Å². The SMILES string of the molecule is O=C1C2C3CC(C2C(=O)N1c1ccccc1)C1C(c2ccco2)c2sc(=S)[nH]c2SC31. The summed E-state index contributed by atoms with van der Waals surface area (Å²) >= 11 is 8.90. The number of carbonyl (C=O) groups excluding carboxylic acids is 2. The van der Waals surface area contributed by atoms with E-state index in [4.69, 9.17) is 16.6 Å². The highest BCUT2D eigenvalue weighted by atomic mass is 32.2. The highest BCUT2D eigenvalue weighted by Crippen LogP contribution is 2.68. The maximum Gasteiger partial charge on any atom is 0.238 e. The molecule has 2 aliphatic heterocycles. The predicted molar refractivity (Wildman–Crippen MR) is 121 cm³/mol. The van der Waals surface area contributed by atoms with Crippen LogP contribution in [0.1, 0.15) is 23.0 Å². The van der Waals surface area contributed by atoms with Gasteiger partial charge in [-0.2, -0.15) is 0 Å². The number of para-hydroxylation sites is 1. The lowest BCUT2D eigenvalue weighted by molar-refractivity contribution is -0.123. The van der Waals surface area contributed by atoms with Crippen molar-refractivity contribution in [2.75, 3.05) is 4.90 Å². The van der Waals surface area contributed by atoms with Crippen molar-refractivity contribution in [1.29, 1.82) is 0 Å². The van der Waals surface area contributed by atoms with Crippen LogP contribution in [0.5, 0.6) is 0 Å². The fourth-order valence-electron chi connectivity index (χ4n) is 6.64. The van der Waals surface area contributed by atoms with E-state index in [1.807, 2.05) is 54.2 Å². The largest absolute Gasteiger partial charge is 0.469 e. The van der Waals surface area contributed by atoms with Crippen LogP contribution in [0.2, 0.25) is 0 Å². The lowest BCUT2D eigenvalue weighted by atomic mass is 9.69. The zero-order valence-corrected chi connectivity index (χ0v) is 18.7. The minimum Gasteiger partial charge on any atom is -0.469 e. The number of anilines is 1. The molecule has 2 amide bonds. The van der Waals surface area contributed by atoms with Crippen molar-refractivity contribution in [2.45, 2.75) is 22.6 Å². The summed E-state index contributed by atoms with van der Waals surface area (Å²) in [6.45, 7) is 0. The van der Waals surface area contributed by atoms with Gasteiger partial charge in [0.15, 0.2) is 3.95 Å². The molecule has 7 unspecified atom stereocenters. The number of H-pyrrole nitrogens is 1. The molecule has 4 heterocycles. The summed E-state index contributed by atoms with van der Waals surface area (Å²) < 4.78 is 6.66. The molecule has 8 heteroatoms. The van der Waals surface area contributed by atoms with E-state index in [0.717, 1.165) is 21.2 Å². The molecule has 7 atom stereocenters. The Morgan fingerprint density at radius 1 is 1.03 bits per heavy atom. The molecule has 3 fully saturated rings. The Bertz CT molecular complexity index is 1260. The molecule has 2 aliphatic carbocycles. The van der Waals surface area contributed by atoms with Gasteiger partial charge >= 0.3 is 0 Å². The minimum atomic E-state index is -0.231. The molecule has 1 N–H and O–H groups in total. The summed E-state index contributed by atoms with van der Waals surface area (Å²) in [5, 5.41) is 1.39. The molecule has 2 saturated carbocycles. The van der Waals surface area contributed by atoms with Crippen molar-refractivity contribution in [1.82, 2.24) is 4.98 Å².